The number of benzene rings is 1. The summed E-state index contributed by atoms with van der Waals surface area (Å²) in [5.41, 5.74) is 1.81. The summed E-state index contributed by atoms with van der Waals surface area (Å²) in [4.78, 5) is 3.65. The van der Waals surface area contributed by atoms with E-state index >= 15 is 4.39 Å². The number of rotatable bonds is 4. The summed E-state index contributed by atoms with van der Waals surface area (Å²) in [7, 11) is 2.03. The molecule has 3 aromatic rings. The fourth-order valence-electron chi connectivity index (χ4n) is 5.39. The maximum absolute atomic E-state index is 15.5. The number of hydrogen-bond donors (Lipinski definition) is 1. The van der Waals surface area contributed by atoms with Crippen LogP contribution in [0.2, 0.25) is 0 Å². The number of alkyl halides is 1. The lowest BCUT2D eigenvalue weighted by Crippen LogP contribution is -2.71. The molecule has 0 amide bonds. The molecular weight excluding hydrogens is 423 g/mol. The van der Waals surface area contributed by atoms with E-state index in [1.165, 1.54) is 4.80 Å². The summed E-state index contributed by atoms with van der Waals surface area (Å²) >= 11 is 0. The van der Waals surface area contributed by atoms with E-state index in [-0.39, 0.29) is 17.2 Å². The van der Waals surface area contributed by atoms with Gasteiger partial charge >= 0.3 is 0 Å². The highest BCUT2D eigenvalue weighted by atomic mass is 19.1. The van der Waals surface area contributed by atoms with Gasteiger partial charge in [0.2, 0.25) is 5.88 Å². The molecule has 4 heterocycles. The number of fused-ring (bicyclic) bond motifs is 2. The SMILES string of the molecule is Cc1cnn(-c2ccc(-c3ccc(O[C@@H]4C[C@@]5(C)CCC[C@@](C)([C@@H]4F)N5C)nn3)c(O)c2)n1. The van der Waals surface area contributed by atoms with Crippen LogP contribution in [0.1, 0.15) is 45.2 Å². The lowest BCUT2D eigenvalue weighted by atomic mass is 9.67. The van der Waals surface area contributed by atoms with Crippen molar-refractivity contribution in [3.05, 3.63) is 42.2 Å². The average molecular weight is 453 g/mol. The third-order valence-electron chi connectivity index (χ3n) is 7.54. The van der Waals surface area contributed by atoms with Crippen LogP contribution >= 0.6 is 0 Å². The molecule has 2 saturated heterocycles. The topological polar surface area (TPSA) is 89.2 Å². The van der Waals surface area contributed by atoms with Gasteiger partial charge in [0.1, 0.15) is 11.9 Å². The zero-order valence-electron chi connectivity index (χ0n) is 19.4. The van der Waals surface area contributed by atoms with E-state index < -0.39 is 17.8 Å². The predicted octanol–water partition coefficient (Wildman–Crippen LogP) is 3.86. The van der Waals surface area contributed by atoms with Gasteiger partial charge in [0, 0.05) is 29.7 Å². The van der Waals surface area contributed by atoms with Crippen molar-refractivity contribution in [3.8, 4) is 28.6 Å². The Hall–Kier alpha value is -3.07. The molecule has 174 valence electrons. The van der Waals surface area contributed by atoms with Crippen LogP contribution in [-0.2, 0) is 0 Å². The summed E-state index contributed by atoms with van der Waals surface area (Å²) in [6, 6.07) is 8.52. The molecule has 4 atom stereocenters. The van der Waals surface area contributed by atoms with Crippen LogP contribution < -0.4 is 4.74 Å². The highest BCUT2D eigenvalue weighted by molar-refractivity contribution is 5.68. The molecule has 1 aromatic carbocycles. The second kappa shape index (κ2) is 7.76. The first-order valence-corrected chi connectivity index (χ1v) is 11.3. The van der Waals surface area contributed by atoms with Crippen LogP contribution in [0.5, 0.6) is 11.6 Å². The van der Waals surface area contributed by atoms with Crippen LogP contribution in [-0.4, -0.2) is 65.6 Å². The molecule has 2 bridgehead atoms. The van der Waals surface area contributed by atoms with Gasteiger partial charge in [0.05, 0.1) is 28.8 Å². The second-order valence-electron chi connectivity index (χ2n) is 9.76. The maximum atomic E-state index is 15.5. The molecule has 8 nitrogen and oxygen atoms in total. The standard InChI is InChI=1S/C24H29FN6O2/c1-15-14-26-31(29-15)16-6-7-17(19(32)12-16)18-8-9-21(28-27-18)33-20-13-23(2)10-5-11-24(3,22(20)25)30(23)4/h6-9,12,14,20,22,32H,5,10-11,13H2,1-4H3/t20-,22-,23-,24+/m1/s1. The summed E-state index contributed by atoms with van der Waals surface area (Å²) in [5, 5.41) is 27.3. The van der Waals surface area contributed by atoms with Gasteiger partial charge in [0.15, 0.2) is 6.17 Å². The lowest BCUT2D eigenvalue weighted by molar-refractivity contribution is -0.152. The first-order chi connectivity index (χ1) is 15.7. The average Bonchev–Trinajstić information content (AvgIpc) is 3.23. The molecule has 2 aliphatic rings. The molecule has 33 heavy (non-hydrogen) atoms. The van der Waals surface area contributed by atoms with Gasteiger partial charge in [-0.15, -0.1) is 10.2 Å². The molecule has 0 saturated carbocycles. The number of phenols is 1. The molecule has 1 N–H and O–H groups in total. The van der Waals surface area contributed by atoms with Crippen molar-refractivity contribution in [1.82, 2.24) is 30.1 Å². The Kier molecular flexibility index (Phi) is 5.12. The van der Waals surface area contributed by atoms with Gasteiger partial charge in [-0.2, -0.15) is 15.0 Å². The number of nitrogens with zero attached hydrogens (tertiary/aromatic N) is 6. The highest BCUT2D eigenvalue weighted by Crippen LogP contribution is 2.48. The number of aromatic hydroxyl groups is 1. The zero-order valence-corrected chi connectivity index (χ0v) is 19.4. The number of phenolic OH excluding ortho intramolecular Hbond substituents is 1. The zero-order chi connectivity index (χ0) is 23.4. The number of ether oxygens (including phenoxy) is 1. The van der Waals surface area contributed by atoms with Crippen molar-refractivity contribution < 1.29 is 14.2 Å². The molecule has 9 heteroatoms. The van der Waals surface area contributed by atoms with Crippen LogP contribution in [0.3, 0.4) is 0 Å². The summed E-state index contributed by atoms with van der Waals surface area (Å²) in [6.45, 7) is 6.03. The third-order valence-corrected chi connectivity index (χ3v) is 7.54. The van der Waals surface area contributed by atoms with E-state index in [1.54, 1.807) is 36.5 Å². The second-order valence-corrected chi connectivity index (χ2v) is 9.76. The van der Waals surface area contributed by atoms with Gasteiger partial charge < -0.3 is 9.84 Å². The minimum Gasteiger partial charge on any atom is -0.507 e. The molecule has 0 spiro atoms. The number of halogens is 1. The molecule has 5 rings (SSSR count). The van der Waals surface area contributed by atoms with Crippen LogP contribution in [0.4, 0.5) is 4.39 Å². The fraction of sp³-hybridized carbons (Fsp3) is 0.500. The lowest BCUT2D eigenvalue weighted by Gasteiger charge is -2.60. The van der Waals surface area contributed by atoms with Crippen molar-refractivity contribution in [2.45, 2.75) is 69.8 Å². The van der Waals surface area contributed by atoms with Gasteiger partial charge in [-0.05, 0) is 65.3 Å². The van der Waals surface area contributed by atoms with Crippen molar-refractivity contribution >= 4 is 0 Å². The molecule has 2 aromatic heterocycles. The minimum absolute atomic E-state index is 0.0400. The normalized spacial score (nSPS) is 29.7. The Morgan fingerprint density at radius 3 is 2.64 bits per heavy atom. The predicted molar refractivity (Wildman–Crippen MR) is 121 cm³/mol. The van der Waals surface area contributed by atoms with Crippen LogP contribution in [0.15, 0.2) is 36.5 Å². The van der Waals surface area contributed by atoms with Crippen molar-refractivity contribution in [1.29, 1.82) is 0 Å². The Morgan fingerprint density at radius 1 is 1.15 bits per heavy atom. The first kappa shape index (κ1) is 21.8. The number of piperidine rings is 2. The highest BCUT2D eigenvalue weighted by Gasteiger charge is 2.57. The van der Waals surface area contributed by atoms with Crippen molar-refractivity contribution in [3.63, 3.8) is 0 Å². The maximum Gasteiger partial charge on any atom is 0.233 e. The van der Waals surface area contributed by atoms with Crippen molar-refractivity contribution in [2.75, 3.05) is 7.05 Å². The number of aromatic nitrogens is 5. The fourth-order valence-corrected chi connectivity index (χ4v) is 5.39. The van der Waals surface area contributed by atoms with Gasteiger partial charge in [-0.25, -0.2) is 4.39 Å². The molecular formula is C24H29FN6O2. The Balaban J connectivity index is 1.34. The molecule has 2 aliphatic heterocycles. The molecule has 0 aliphatic carbocycles. The summed E-state index contributed by atoms with van der Waals surface area (Å²) < 4.78 is 21.6. The van der Waals surface area contributed by atoms with E-state index in [0.717, 1.165) is 25.0 Å². The molecule has 2 fully saturated rings. The number of aryl methyl sites for hydroxylation is 1. The van der Waals surface area contributed by atoms with Crippen LogP contribution in [0.25, 0.3) is 16.9 Å². The van der Waals surface area contributed by atoms with Crippen molar-refractivity contribution in [2.24, 2.45) is 0 Å². The Labute approximate surface area is 192 Å². The largest absolute Gasteiger partial charge is 0.507 e. The minimum atomic E-state index is -1.12. The van der Waals surface area contributed by atoms with E-state index in [4.69, 9.17) is 4.74 Å². The molecule has 0 unspecified atom stereocenters. The first-order valence-electron chi connectivity index (χ1n) is 11.3. The van der Waals surface area contributed by atoms with Crippen LogP contribution in [0, 0.1) is 6.92 Å². The van der Waals surface area contributed by atoms with Gasteiger partial charge in [-0.1, -0.05) is 0 Å². The Bertz CT molecular complexity index is 1170. The smallest absolute Gasteiger partial charge is 0.233 e. The van der Waals surface area contributed by atoms with E-state index in [2.05, 4.69) is 32.2 Å². The quantitative estimate of drug-likeness (QED) is 0.643. The summed E-state index contributed by atoms with van der Waals surface area (Å²) in [6.07, 6.45) is 3.43. The van der Waals surface area contributed by atoms with E-state index in [9.17, 15) is 5.11 Å². The Morgan fingerprint density at radius 2 is 1.97 bits per heavy atom. The molecule has 0 radical (unpaired) electrons. The monoisotopic (exact) mass is 452 g/mol. The third kappa shape index (κ3) is 3.64. The number of hydrogen-bond acceptors (Lipinski definition) is 7. The van der Waals surface area contributed by atoms with E-state index in [1.807, 2.05) is 20.9 Å². The van der Waals surface area contributed by atoms with E-state index in [0.29, 0.717) is 23.4 Å². The van der Waals surface area contributed by atoms with Gasteiger partial charge in [0.25, 0.3) is 0 Å². The summed E-state index contributed by atoms with van der Waals surface area (Å²) in [5.74, 6) is 0.326. The van der Waals surface area contributed by atoms with Gasteiger partial charge in [-0.3, -0.25) is 4.90 Å².